The second kappa shape index (κ2) is 12.5. The molecule has 0 bridgehead atoms. The third-order valence-electron chi connectivity index (χ3n) is 9.89. The predicted octanol–water partition coefficient (Wildman–Crippen LogP) is 14.1. The lowest BCUT2D eigenvalue weighted by Gasteiger charge is -2.22. The van der Waals surface area contributed by atoms with Crippen LogP contribution in [0.4, 0.5) is 0 Å². The molecule has 0 saturated carbocycles. The number of hydrogen-bond acceptors (Lipinski definition) is 2. The first kappa shape index (κ1) is 30.1. The van der Waals surface area contributed by atoms with E-state index >= 15 is 0 Å². The zero-order chi connectivity index (χ0) is 33.7. The van der Waals surface area contributed by atoms with Crippen molar-refractivity contribution < 1.29 is 0 Å². The lowest BCUT2D eigenvalue weighted by molar-refractivity contribution is 1.18. The molecule has 1 aliphatic heterocycles. The molecule has 0 amide bonds. The number of para-hydroxylation sites is 2. The van der Waals surface area contributed by atoms with Crippen LogP contribution in [0.5, 0.6) is 0 Å². The third kappa shape index (κ3) is 5.12. The fourth-order valence-corrected chi connectivity index (χ4v) is 9.92. The van der Waals surface area contributed by atoms with Crippen LogP contribution in [0.2, 0.25) is 0 Å². The topological polar surface area (TPSA) is 4.93 Å². The first-order chi connectivity index (χ1) is 25.3. The van der Waals surface area contributed by atoms with Gasteiger partial charge in [0.1, 0.15) is 0 Å². The second-order valence-electron chi connectivity index (χ2n) is 12.8. The van der Waals surface area contributed by atoms with Crippen molar-refractivity contribution in [1.29, 1.82) is 0 Å². The maximum absolute atomic E-state index is 2.43. The number of benzene rings is 8. The summed E-state index contributed by atoms with van der Waals surface area (Å²) >= 11 is 3.74. The van der Waals surface area contributed by atoms with Gasteiger partial charge < -0.3 is 4.57 Å². The SMILES string of the molecule is c1ccc(-c2cccc3c2-c2ccc(-c4cccc5c4c4ccccc4n5-c4ccccc4)cc2Sc2ccccc2-c2ccccc2S3)cc1. The highest BCUT2D eigenvalue weighted by Gasteiger charge is 2.23. The molecule has 0 unspecified atom stereocenters. The van der Waals surface area contributed by atoms with Crippen LogP contribution < -0.4 is 0 Å². The minimum atomic E-state index is 1.17. The molecular formula is C48H31NS2. The van der Waals surface area contributed by atoms with Crippen molar-refractivity contribution in [2.75, 3.05) is 0 Å². The highest BCUT2D eigenvalue weighted by Crippen LogP contribution is 2.52. The molecule has 10 rings (SSSR count). The van der Waals surface area contributed by atoms with Crippen LogP contribution in [0.25, 0.3) is 72.0 Å². The smallest absolute Gasteiger partial charge is 0.0547 e. The Hall–Kier alpha value is -5.74. The van der Waals surface area contributed by atoms with E-state index in [4.69, 9.17) is 0 Å². The highest BCUT2D eigenvalue weighted by atomic mass is 32.2. The van der Waals surface area contributed by atoms with Gasteiger partial charge >= 0.3 is 0 Å². The van der Waals surface area contributed by atoms with Crippen molar-refractivity contribution in [1.82, 2.24) is 4.57 Å². The second-order valence-corrected chi connectivity index (χ2v) is 15.0. The number of hydrogen-bond donors (Lipinski definition) is 0. The Labute approximate surface area is 306 Å². The Morgan fingerprint density at radius 2 is 0.902 bits per heavy atom. The minimum absolute atomic E-state index is 1.17. The average Bonchev–Trinajstić information content (AvgIpc) is 3.54. The van der Waals surface area contributed by atoms with Gasteiger partial charge in [0.05, 0.1) is 11.0 Å². The largest absolute Gasteiger partial charge is 0.309 e. The molecule has 1 aliphatic rings. The van der Waals surface area contributed by atoms with Crippen molar-refractivity contribution in [3.8, 4) is 50.2 Å². The van der Waals surface area contributed by atoms with E-state index in [1.165, 1.54) is 91.6 Å². The van der Waals surface area contributed by atoms with E-state index in [0.29, 0.717) is 0 Å². The van der Waals surface area contributed by atoms with Crippen molar-refractivity contribution in [3.63, 3.8) is 0 Å². The molecule has 1 aromatic heterocycles. The Morgan fingerprint density at radius 1 is 0.333 bits per heavy atom. The van der Waals surface area contributed by atoms with E-state index in [2.05, 4.69) is 193 Å². The van der Waals surface area contributed by atoms with E-state index in [1.54, 1.807) is 0 Å². The molecule has 2 heterocycles. The van der Waals surface area contributed by atoms with E-state index in [1.807, 2.05) is 23.5 Å². The summed E-state index contributed by atoms with van der Waals surface area (Å²) in [4.78, 5) is 5.02. The molecule has 0 fully saturated rings. The molecule has 51 heavy (non-hydrogen) atoms. The van der Waals surface area contributed by atoms with Crippen molar-refractivity contribution >= 4 is 45.3 Å². The van der Waals surface area contributed by atoms with Gasteiger partial charge in [-0.15, -0.1) is 0 Å². The van der Waals surface area contributed by atoms with Gasteiger partial charge in [0.15, 0.2) is 0 Å². The summed E-state index contributed by atoms with van der Waals surface area (Å²) in [6.45, 7) is 0. The normalized spacial score (nSPS) is 12.2. The summed E-state index contributed by atoms with van der Waals surface area (Å²) in [7, 11) is 0. The summed E-state index contributed by atoms with van der Waals surface area (Å²) in [6, 6.07) is 68.7. The number of aromatic nitrogens is 1. The summed E-state index contributed by atoms with van der Waals surface area (Å²) in [6.07, 6.45) is 0. The Balaban J connectivity index is 1.26. The summed E-state index contributed by atoms with van der Waals surface area (Å²) in [5.74, 6) is 0. The molecule has 0 N–H and O–H groups in total. The van der Waals surface area contributed by atoms with Gasteiger partial charge in [-0.2, -0.15) is 0 Å². The molecule has 0 atom stereocenters. The van der Waals surface area contributed by atoms with Crippen LogP contribution >= 0.6 is 23.5 Å². The fraction of sp³-hybridized carbons (Fsp3) is 0. The van der Waals surface area contributed by atoms with E-state index < -0.39 is 0 Å². The lowest BCUT2D eigenvalue weighted by atomic mass is 9.92. The molecule has 1 nitrogen and oxygen atoms in total. The van der Waals surface area contributed by atoms with Crippen LogP contribution in [0.3, 0.4) is 0 Å². The molecule has 0 spiro atoms. The predicted molar refractivity (Wildman–Crippen MR) is 217 cm³/mol. The van der Waals surface area contributed by atoms with Crippen LogP contribution in [0.15, 0.2) is 208 Å². The summed E-state index contributed by atoms with van der Waals surface area (Å²) in [5.41, 5.74) is 13.6. The van der Waals surface area contributed by atoms with Gasteiger partial charge in [0.25, 0.3) is 0 Å². The molecule has 9 aromatic rings. The standard InChI is InChI=1S/C48H31NS2/c1-3-15-32(16-4-1)35-23-14-28-45-48(35)40-30-29-33(31-46(40)51-44-27-12-9-20-38(44)37-19-8-11-26-43(37)50-45)36-22-13-25-42-47(36)39-21-7-10-24-41(39)49(42)34-17-5-2-6-18-34/h1-31H. The Bertz CT molecular complexity index is 2740. The maximum Gasteiger partial charge on any atom is 0.0547 e. The molecule has 0 radical (unpaired) electrons. The zero-order valence-electron chi connectivity index (χ0n) is 27.7. The van der Waals surface area contributed by atoms with Gasteiger partial charge in [-0.05, 0) is 87.5 Å². The molecule has 8 aromatic carbocycles. The summed E-state index contributed by atoms with van der Waals surface area (Å²) < 4.78 is 2.40. The van der Waals surface area contributed by atoms with Gasteiger partial charge in [0, 0.05) is 41.6 Å². The molecule has 0 saturated heterocycles. The first-order valence-electron chi connectivity index (χ1n) is 17.3. The van der Waals surface area contributed by atoms with Gasteiger partial charge in [-0.1, -0.05) is 163 Å². The van der Waals surface area contributed by atoms with E-state index in [9.17, 15) is 0 Å². The van der Waals surface area contributed by atoms with E-state index in [-0.39, 0.29) is 0 Å². The molecule has 3 heteroatoms. The first-order valence-corrected chi connectivity index (χ1v) is 18.9. The monoisotopic (exact) mass is 685 g/mol. The zero-order valence-corrected chi connectivity index (χ0v) is 29.3. The maximum atomic E-state index is 2.43. The lowest BCUT2D eigenvalue weighted by Crippen LogP contribution is -1.95. The quantitative estimate of drug-likeness (QED) is 0.182. The van der Waals surface area contributed by atoms with Crippen molar-refractivity contribution in [3.05, 3.63) is 188 Å². The van der Waals surface area contributed by atoms with Crippen LogP contribution in [-0.4, -0.2) is 4.57 Å². The van der Waals surface area contributed by atoms with Gasteiger partial charge in [-0.25, -0.2) is 0 Å². The minimum Gasteiger partial charge on any atom is -0.309 e. The third-order valence-corrected chi connectivity index (χ3v) is 12.2. The number of rotatable bonds is 3. The van der Waals surface area contributed by atoms with Crippen molar-refractivity contribution in [2.24, 2.45) is 0 Å². The summed E-state index contributed by atoms with van der Waals surface area (Å²) in [5, 5.41) is 2.53. The van der Waals surface area contributed by atoms with Crippen LogP contribution in [0.1, 0.15) is 0 Å². The highest BCUT2D eigenvalue weighted by molar-refractivity contribution is 8.00. The van der Waals surface area contributed by atoms with Gasteiger partial charge in [-0.3, -0.25) is 0 Å². The number of nitrogens with zero attached hydrogens (tertiary/aromatic N) is 1. The average molecular weight is 686 g/mol. The molecule has 0 aliphatic carbocycles. The molecule has 240 valence electrons. The fourth-order valence-electron chi connectivity index (χ4n) is 7.64. The van der Waals surface area contributed by atoms with E-state index in [0.717, 1.165) is 0 Å². The number of fused-ring (bicyclic) bond motifs is 9. The van der Waals surface area contributed by atoms with Crippen LogP contribution in [-0.2, 0) is 0 Å². The van der Waals surface area contributed by atoms with Crippen LogP contribution in [0, 0.1) is 0 Å². The Morgan fingerprint density at radius 3 is 1.69 bits per heavy atom. The molecular weight excluding hydrogens is 655 g/mol. The van der Waals surface area contributed by atoms with Crippen molar-refractivity contribution in [2.45, 2.75) is 19.6 Å². The Kier molecular flexibility index (Phi) is 7.41. The van der Waals surface area contributed by atoms with Gasteiger partial charge in [0.2, 0.25) is 0 Å².